The minimum atomic E-state index is -4.36. The molecule has 0 bridgehead atoms. The van der Waals surface area contributed by atoms with Crippen molar-refractivity contribution in [3.05, 3.63) is 53.7 Å². The van der Waals surface area contributed by atoms with Crippen LogP contribution in [0.15, 0.2) is 47.5 Å². The molecule has 1 fully saturated rings. The van der Waals surface area contributed by atoms with Gasteiger partial charge < -0.3 is 19.7 Å². The number of ether oxygens (including phenoxy) is 2. The SMILES string of the molecule is COCCNC(=O)c1ccc2nn(CC3CCN(C(=O)c4ccc(SC(F)(F)F)cc4)CC3)cc2c1OC. The van der Waals surface area contributed by atoms with Gasteiger partial charge in [-0.2, -0.15) is 18.3 Å². The van der Waals surface area contributed by atoms with Gasteiger partial charge in [-0.25, -0.2) is 0 Å². The molecular weight excluding hydrogens is 521 g/mol. The molecule has 0 spiro atoms. The number of amides is 2. The van der Waals surface area contributed by atoms with Crippen molar-refractivity contribution in [1.82, 2.24) is 20.0 Å². The molecule has 0 unspecified atom stereocenters. The van der Waals surface area contributed by atoms with Crippen molar-refractivity contribution in [1.29, 1.82) is 0 Å². The predicted molar refractivity (Wildman–Crippen MR) is 137 cm³/mol. The Labute approximate surface area is 222 Å². The van der Waals surface area contributed by atoms with Crippen molar-refractivity contribution < 1.29 is 32.2 Å². The van der Waals surface area contributed by atoms with Gasteiger partial charge in [0.25, 0.3) is 11.8 Å². The van der Waals surface area contributed by atoms with Crippen molar-refractivity contribution in [3.8, 4) is 5.75 Å². The van der Waals surface area contributed by atoms with E-state index in [1.165, 1.54) is 31.4 Å². The lowest BCUT2D eigenvalue weighted by molar-refractivity contribution is -0.0328. The zero-order chi connectivity index (χ0) is 27.3. The molecule has 204 valence electrons. The number of nitrogens with one attached hydrogen (secondary N) is 1. The molecule has 4 rings (SSSR count). The molecular formula is C26H29F3N4O4S. The molecule has 0 aliphatic carbocycles. The third kappa shape index (κ3) is 6.79. The smallest absolute Gasteiger partial charge is 0.446 e. The molecule has 1 aliphatic rings. The van der Waals surface area contributed by atoms with Gasteiger partial charge >= 0.3 is 5.51 Å². The number of carbonyl (C=O) groups is 2. The molecule has 1 aliphatic heterocycles. The van der Waals surface area contributed by atoms with Gasteiger partial charge in [-0.05, 0) is 66.9 Å². The van der Waals surface area contributed by atoms with Crippen LogP contribution in [0.25, 0.3) is 10.9 Å². The lowest BCUT2D eigenvalue weighted by Gasteiger charge is -2.32. The molecule has 2 aromatic carbocycles. The summed E-state index contributed by atoms with van der Waals surface area (Å²) in [6.45, 7) is 2.56. The number of alkyl halides is 3. The summed E-state index contributed by atoms with van der Waals surface area (Å²) < 4.78 is 50.0. The number of benzene rings is 2. The number of halogens is 3. The molecule has 1 aromatic heterocycles. The number of methoxy groups -OCH3 is 2. The fourth-order valence-electron chi connectivity index (χ4n) is 4.54. The molecule has 38 heavy (non-hydrogen) atoms. The highest BCUT2D eigenvalue weighted by Gasteiger charge is 2.29. The topological polar surface area (TPSA) is 85.7 Å². The number of nitrogens with zero attached hydrogens (tertiary/aromatic N) is 3. The molecule has 8 nitrogen and oxygen atoms in total. The van der Waals surface area contributed by atoms with Crippen LogP contribution in [0, 0.1) is 5.92 Å². The van der Waals surface area contributed by atoms with E-state index in [1.54, 1.807) is 24.1 Å². The monoisotopic (exact) mass is 550 g/mol. The summed E-state index contributed by atoms with van der Waals surface area (Å²) in [5.74, 6) is 0.322. The van der Waals surface area contributed by atoms with Crippen LogP contribution in [0.2, 0.25) is 0 Å². The Bertz CT molecular complexity index is 1270. The highest BCUT2D eigenvalue weighted by Crippen LogP contribution is 2.37. The Morgan fingerprint density at radius 3 is 2.45 bits per heavy atom. The van der Waals surface area contributed by atoms with Gasteiger partial charge in [0.1, 0.15) is 5.75 Å². The van der Waals surface area contributed by atoms with Crippen LogP contribution < -0.4 is 10.1 Å². The third-order valence-corrected chi connectivity index (χ3v) is 7.15. The summed E-state index contributed by atoms with van der Waals surface area (Å²) >= 11 is -0.198. The summed E-state index contributed by atoms with van der Waals surface area (Å²) in [6, 6.07) is 9.01. The Hall–Kier alpha value is -3.25. The second kappa shape index (κ2) is 12.1. The molecule has 2 amide bonds. The van der Waals surface area contributed by atoms with Crippen LogP contribution in [-0.4, -0.2) is 72.5 Å². The maximum Gasteiger partial charge on any atom is 0.446 e. The molecule has 0 radical (unpaired) electrons. The number of fused-ring (bicyclic) bond motifs is 1. The minimum Gasteiger partial charge on any atom is -0.495 e. The summed E-state index contributed by atoms with van der Waals surface area (Å²) in [5.41, 5.74) is -2.84. The summed E-state index contributed by atoms with van der Waals surface area (Å²) in [7, 11) is 3.09. The number of rotatable bonds is 9. The quantitative estimate of drug-likeness (QED) is 0.310. The highest BCUT2D eigenvalue weighted by atomic mass is 32.2. The average molecular weight is 551 g/mol. The van der Waals surface area contributed by atoms with E-state index in [1.807, 2.05) is 10.9 Å². The maximum atomic E-state index is 12.8. The Balaban J connectivity index is 1.36. The zero-order valence-electron chi connectivity index (χ0n) is 21.1. The van der Waals surface area contributed by atoms with Gasteiger partial charge in [0.15, 0.2) is 0 Å². The van der Waals surface area contributed by atoms with Crippen molar-refractivity contribution in [2.75, 3.05) is 40.5 Å². The molecule has 3 aromatic rings. The van der Waals surface area contributed by atoms with Crippen molar-refractivity contribution in [3.63, 3.8) is 0 Å². The number of hydrogen-bond acceptors (Lipinski definition) is 6. The number of carbonyl (C=O) groups excluding carboxylic acids is 2. The molecule has 1 saturated heterocycles. The number of piperidine rings is 1. The summed E-state index contributed by atoms with van der Waals surface area (Å²) in [6.07, 6.45) is 3.42. The van der Waals surface area contributed by atoms with E-state index in [-0.39, 0.29) is 28.5 Å². The van der Waals surface area contributed by atoms with Crippen LogP contribution in [-0.2, 0) is 11.3 Å². The number of hydrogen-bond donors (Lipinski definition) is 1. The first-order valence-electron chi connectivity index (χ1n) is 12.1. The van der Waals surface area contributed by atoms with Gasteiger partial charge in [0, 0.05) is 49.9 Å². The van der Waals surface area contributed by atoms with E-state index in [0.29, 0.717) is 55.6 Å². The number of thioether (sulfide) groups is 1. The molecule has 1 N–H and O–H groups in total. The third-order valence-electron chi connectivity index (χ3n) is 6.41. The van der Waals surface area contributed by atoms with Crippen molar-refractivity contribution in [2.24, 2.45) is 5.92 Å². The van der Waals surface area contributed by atoms with Crippen molar-refractivity contribution in [2.45, 2.75) is 29.8 Å². The van der Waals surface area contributed by atoms with E-state index in [2.05, 4.69) is 10.4 Å². The highest BCUT2D eigenvalue weighted by molar-refractivity contribution is 8.00. The Kier molecular flexibility index (Phi) is 8.83. The van der Waals surface area contributed by atoms with Gasteiger partial charge in [-0.3, -0.25) is 14.3 Å². The van der Waals surface area contributed by atoms with E-state index < -0.39 is 5.51 Å². The normalized spacial score (nSPS) is 14.6. The van der Waals surface area contributed by atoms with Gasteiger partial charge in [-0.1, -0.05) is 0 Å². The van der Waals surface area contributed by atoms with E-state index >= 15 is 0 Å². The minimum absolute atomic E-state index is 0.0508. The van der Waals surface area contributed by atoms with E-state index in [4.69, 9.17) is 9.47 Å². The first-order chi connectivity index (χ1) is 18.2. The lowest BCUT2D eigenvalue weighted by atomic mass is 9.96. The molecule has 0 saturated carbocycles. The molecule has 12 heteroatoms. The first kappa shape index (κ1) is 27.8. The molecule has 0 atom stereocenters. The lowest BCUT2D eigenvalue weighted by Crippen LogP contribution is -2.39. The largest absolute Gasteiger partial charge is 0.495 e. The van der Waals surface area contributed by atoms with Crippen LogP contribution in [0.1, 0.15) is 33.6 Å². The summed E-state index contributed by atoms with van der Waals surface area (Å²) in [5, 5.41) is 8.19. The van der Waals surface area contributed by atoms with Crippen LogP contribution in [0.4, 0.5) is 13.2 Å². The van der Waals surface area contributed by atoms with Gasteiger partial charge in [0.2, 0.25) is 0 Å². The van der Waals surface area contributed by atoms with Gasteiger partial charge in [-0.15, -0.1) is 0 Å². The predicted octanol–water partition coefficient (Wildman–Crippen LogP) is 4.59. The zero-order valence-corrected chi connectivity index (χ0v) is 21.9. The van der Waals surface area contributed by atoms with E-state index in [9.17, 15) is 22.8 Å². The Morgan fingerprint density at radius 1 is 1.11 bits per heavy atom. The van der Waals surface area contributed by atoms with Crippen LogP contribution in [0.3, 0.4) is 0 Å². The summed E-state index contributed by atoms with van der Waals surface area (Å²) in [4.78, 5) is 27.2. The Morgan fingerprint density at radius 2 is 1.82 bits per heavy atom. The number of aromatic nitrogens is 2. The average Bonchev–Trinajstić information content (AvgIpc) is 3.30. The number of likely N-dealkylation sites (tertiary alicyclic amines) is 1. The fraction of sp³-hybridized carbons (Fsp3) is 0.423. The molecule has 2 heterocycles. The second-order valence-corrected chi connectivity index (χ2v) is 10.1. The first-order valence-corrected chi connectivity index (χ1v) is 13.0. The van der Waals surface area contributed by atoms with Crippen LogP contribution in [0.5, 0.6) is 5.75 Å². The van der Waals surface area contributed by atoms with Crippen LogP contribution >= 0.6 is 11.8 Å². The van der Waals surface area contributed by atoms with Crippen molar-refractivity contribution >= 4 is 34.5 Å². The maximum absolute atomic E-state index is 12.8. The standard InChI is InChI=1S/C26H29F3N4O4S/c1-36-14-11-30-24(34)20-7-8-22-21(23(20)37-2)16-33(31-22)15-17-9-12-32(13-10-17)25(35)18-3-5-19(6-4-18)38-26(27,28)29/h3-8,16-17H,9-15H2,1-2H3,(H,30,34). The fourth-order valence-corrected chi connectivity index (χ4v) is 5.08. The van der Waals surface area contributed by atoms with Gasteiger partial charge in [0.05, 0.1) is 30.2 Å². The second-order valence-electron chi connectivity index (χ2n) is 8.99. The van der Waals surface area contributed by atoms with E-state index in [0.717, 1.165) is 23.7 Å².